The zero-order valence-corrected chi connectivity index (χ0v) is 18.1. The number of halogens is 3. The molecule has 168 valence electrons. The fraction of sp³-hybridized carbons (Fsp3) is 0.143. The second-order valence-electron chi connectivity index (χ2n) is 7.72. The van der Waals surface area contributed by atoms with Gasteiger partial charge in [0.1, 0.15) is 17.3 Å². The van der Waals surface area contributed by atoms with Gasteiger partial charge in [-0.05, 0) is 66.3 Å². The number of hydrogen-bond donors (Lipinski definition) is 1. The van der Waals surface area contributed by atoms with Gasteiger partial charge >= 0.3 is 0 Å². The van der Waals surface area contributed by atoms with Crippen molar-refractivity contribution < 1.29 is 23.0 Å². The van der Waals surface area contributed by atoms with Crippen LogP contribution in [0, 0.1) is 17.5 Å². The van der Waals surface area contributed by atoms with Gasteiger partial charge in [0.15, 0.2) is 11.6 Å². The minimum absolute atomic E-state index is 0.0625. The maximum atomic E-state index is 14.7. The first-order valence-corrected chi connectivity index (χ1v) is 10.7. The molecule has 4 aromatic rings. The Labute approximate surface area is 190 Å². The highest BCUT2D eigenvalue weighted by Gasteiger charge is 2.15. The second-order valence-corrected chi connectivity index (χ2v) is 7.72. The highest BCUT2D eigenvalue weighted by Crippen LogP contribution is 2.29. The van der Waals surface area contributed by atoms with Crippen molar-refractivity contribution in [2.24, 2.45) is 0 Å². The highest BCUT2D eigenvalue weighted by molar-refractivity contribution is 5.66. The summed E-state index contributed by atoms with van der Waals surface area (Å²) >= 11 is 0. The number of aromatic hydroxyl groups is 1. The molecule has 0 atom stereocenters. The quantitative estimate of drug-likeness (QED) is 0.321. The monoisotopic (exact) mass is 448 g/mol. The lowest BCUT2D eigenvalue weighted by molar-refractivity contribution is 0.338. The molecule has 2 nitrogen and oxygen atoms in total. The Balaban J connectivity index is 1.46. The lowest BCUT2D eigenvalue weighted by Gasteiger charge is -2.10. The average Bonchev–Trinajstić information content (AvgIpc) is 2.82. The van der Waals surface area contributed by atoms with E-state index in [1.165, 1.54) is 18.2 Å². The standard InChI is InChI=1S/C28H23F3O2/c1-2-33-23-14-16-24(26(29)17-23)19-6-3-18(4-7-19)5-8-21-11-15-25(28(31)27(21)30)20-9-12-22(32)13-10-20/h3-4,6-7,9-17,32H,2,5,8H2,1H3. The molecule has 4 aromatic carbocycles. The molecule has 0 radical (unpaired) electrons. The SMILES string of the molecule is CCOc1ccc(-c2ccc(CCc3ccc(-c4ccc(O)cc4)c(F)c3F)cc2)c(F)c1. The molecule has 0 bridgehead atoms. The van der Waals surface area contributed by atoms with E-state index in [4.69, 9.17) is 4.74 Å². The van der Waals surface area contributed by atoms with Gasteiger partial charge in [-0.3, -0.25) is 0 Å². The molecular formula is C28H23F3O2. The molecule has 0 aliphatic rings. The van der Waals surface area contributed by atoms with Gasteiger partial charge in [0.25, 0.3) is 0 Å². The van der Waals surface area contributed by atoms with Crippen molar-refractivity contribution >= 4 is 0 Å². The smallest absolute Gasteiger partial charge is 0.166 e. The number of hydrogen-bond acceptors (Lipinski definition) is 2. The molecule has 33 heavy (non-hydrogen) atoms. The van der Waals surface area contributed by atoms with Crippen molar-refractivity contribution in [2.75, 3.05) is 6.61 Å². The fourth-order valence-corrected chi connectivity index (χ4v) is 3.76. The molecule has 0 aliphatic heterocycles. The predicted molar refractivity (Wildman–Crippen MR) is 124 cm³/mol. The number of phenols is 1. The molecule has 4 rings (SSSR count). The Bertz CT molecular complexity index is 1250. The molecular weight excluding hydrogens is 425 g/mol. The van der Waals surface area contributed by atoms with E-state index in [1.807, 2.05) is 31.2 Å². The van der Waals surface area contributed by atoms with E-state index in [2.05, 4.69) is 0 Å². The van der Waals surface area contributed by atoms with Gasteiger partial charge in [-0.15, -0.1) is 0 Å². The van der Waals surface area contributed by atoms with Crippen LogP contribution in [0.5, 0.6) is 11.5 Å². The summed E-state index contributed by atoms with van der Waals surface area (Å²) in [5.41, 5.74) is 3.08. The van der Waals surface area contributed by atoms with E-state index in [-0.39, 0.29) is 22.7 Å². The molecule has 0 amide bonds. The summed E-state index contributed by atoms with van der Waals surface area (Å²) in [6, 6.07) is 21.2. The van der Waals surface area contributed by atoms with Gasteiger partial charge in [-0.2, -0.15) is 0 Å². The van der Waals surface area contributed by atoms with Crippen molar-refractivity contribution in [3.05, 3.63) is 107 Å². The minimum atomic E-state index is -0.903. The molecule has 0 spiro atoms. The van der Waals surface area contributed by atoms with E-state index in [1.54, 1.807) is 36.4 Å². The summed E-state index contributed by atoms with van der Waals surface area (Å²) in [5.74, 6) is -1.58. The van der Waals surface area contributed by atoms with E-state index in [0.29, 0.717) is 36.3 Å². The zero-order chi connectivity index (χ0) is 23.4. The molecule has 5 heteroatoms. The largest absolute Gasteiger partial charge is 0.508 e. The van der Waals surface area contributed by atoms with Crippen molar-refractivity contribution in [2.45, 2.75) is 19.8 Å². The molecule has 0 heterocycles. The van der Waals surface area contributed by atoms with Crippen LogP contribution in [-0.4, -0.2) is 11.7 Å². The normalized spacial score (nSPS) is 10.9. The van der Waals surface area contributed by atoms with Crippen molar-refractivity contribution in [3.8, 4) is 33.8 Å². The average molecular weight is 448 g/mol. The lowest BCUT2D eigenvalue weighted by Crippen LogP contribution is -2.00. The topological polar surface area (TPSA) is 29.5 Å². The van der Waals surface area contributed by atoms with Gasteiger partial charge < -0.3 is 9.84 Å². The maximum Gasteiger partial charge on any atom is 0.166 e. The van der Waals surface area contributed by atoms with Crippen LogP contribution in [0.15, 0.2) is 78.9 Å². The summed E-state index contributed by atoms with van der Waals surface area (Å²) in [7, 11) is 0. The van der Waals surface area contributed by atoms with Crippen LogP contribution in [0.1, 0.15) is 18.1 Å². The summed E-state index contributed by atoms with van der Waals surface area (Å²) in [6.07, 6.45) is 0.844. The van der Waals surface area contributed by atoms with Crippen LogP contribution in [0.2, 0.25) is 0 Å². The van der Waals surface area contributed by atoms with E-state index >= 15 is 0 Å². The third-order valence-corrected chi connectivity index (χ3v) is 5.54. The Hall–Kier alpha value is -3.73. The first-order valence-electron chi connectivity index (χ1n) is 10.7. The fourth-order valence-electron chi connectivity index (χ4n) is 3.76. The third-order valence-electron chi connectivity index (χ3n) is 5.54. The first kappa shape index (κ1) is 22.5. The molecule has 0 aromatic heterocycles. The Morgan fingerprint density at radius 3 is 2.00 bits per heavy atom. The molecule has 0 unspecified atom stereocenters. The molecule has 0 saturated carbocycles. The van der Waals surface area contributed by atoms with Gasteiger partial charge in [0.05, 0.1) is 6.61 Å². The van der Waals surface area contributed by atoms with Gasteiger partial charge in [0, 0.05) is 17.2 Å². The first-order chi connectivity index (χ1) is 16.0. The van der Waals surface area contributed by atoms with Crippen LogP contribution in [0.25, 0.3) is 22.3 Å². The number of ether oxygens (including phenoxy) is 1. The zero-order valence-electron chi connectivity index (χ0n) is 18.1. The summed E-state index contributed by atoms with van der Waals surface area (Å²) in [4.78, 5) is 0. The maximum absolute atomic E-state index is 14.7. The van der Waals surface area contributed by atoms with E-state index in [9.17, 15) is 18.3 Å². The Morgan fingerprint density at radius 1 is 0.697 bits per heavy atom. The predicted octanol–water partition coefficient (Wildman–Crippen LogP) is 7.33. The number of benzene rings is 4. The van der Waals surface area contributed by atoms with Gasteiger partial charge in [-0.25, -0.2) is 13.2 Å². The molecule has 0 saturated heterocycles. The van der Waals surface area contributed by atoms with Gasteiger partial charge in [0.2, 0.25) is 0 Å². The van der Waals surface area contributed by atoms with Gasteiger partial charge in [-0.1, -0.05) is 48.5 Å². The number of phenolic OH excluding ortho intramolecular Hbond substituents is 1. The lowest BCUT2D eigenvalue weighted by atomic mass is 9.97. The van der Waals surface area contributed by atoms with Crippen molar-refractivity contribution in [1.82, 2.24) is 0 Å². The summed E-state index contributed by atoms with van der Waals surface area (Å²) in [5, 5.41) is 9.38. The van der Waals surface area contributed by atoms with Crippen LogP contribution in [0.4, 0.5) is 13.2 Å². The number of rotatable bonds is 7. The van der Waals surface area contributed by atoms with E-state index in [0.717, 1.165) is 11.1 Å². The number of aryl methyl sites for hydroxylation is 2. The van der Waals surface area contributed by atoms with Crippen LogP contribution in [-0.2, 0) is 12.8 Å². The summed E-state index contributed by atoms with van der Waals surface area (Å²) in [6.45, 7) is 2.31. The van der Waals surface area contributed by atoms with Crippen LogP contribution >= 0.6 is 0 Å². The van der Waals surface area contributed by atoms with Crippen molar-refractivity contribution in [1.29, 1.82) is 0 Å². The molecule has 1 N–H and O–H groups in total. The van der Waals surface area contributed by atoms with Crippen molar-refractivity contribution in [3.63, 3.8) is 0 Å². The van der Waals surface area contributed by atoms with E-state index < -0.39 is 11.6 Å². The minimum Gasteiger partial charge on any atom is -0.508 e. The Morgan fingerprint density at radius 2 is 1.33 bits per heavy atom. The molecule has 0 fully saturated rings. The van der Waals surface area contributed by atoms with Crippen LogP contribution < -0.4 is 4.74 Å². The second kappa shape index (κ2) is 9.82. The Kier molecular flexibility index (Phi) is 6.68. The van der Waals surface area contributed by atoms with Crippen LogP contribution in [0.3, 0.4) is 0 Å². The third kappa shape index (κ3) is 5.03. The summed E-state index contributed by atoms with van der Waals surface area (Å²) < 4.78 is 49.1. The highest BCUT2D eigenvalue weighted by atomic mass is 19.2. The molecule has 0 aliphatic carbocycles.